The van der Waals surface area contributed by atoms with Crippen molar-refractivity contribution in [2.45, 2.75) is 46.2 Å². The largest absolute Gasteiger partial charge is 0.114 e. The molecule has 0 nitrogen and oxygen atoms in total. The smallest absolute Gasteiger partial charge is 0.0686 e. The van der Waals surface area contributed by atoms with Gasteiger partial charge in [0.25, 0.3) is 0 Å². The minimum atomic E-state index is -1.98. The fourth-order valence-electron chi connectivity index (χ4n) is 9.33. The molecule has 1 aliphatic heterocycles. The van der Waals surface area contributed by atoms with Gasteiger partial charge in [-0.1, -0.05) is 153 Å². The van der Waals surface area contributed by atoms with E-state index in [1.165, 1.54) is 49.4 Å². The Hall–Kier alpha value is -4.46. The normalized spacial score (nSPS) is 17.6. The number of fused-ring (bicyclic) bond motifs is 4. The van der Waals surface area contributed by atoms with E-state index >= 15 is 0 Å². The minimum Gasteiger partial charge on any atom is -0.0686 e. The molecular weight excluding hydrogens is 557 g/mol. The van der Waals surface area contributed by atoms with E-state index in [1.54, 1.807) is 43.8 Å². The van der Waals surface area contributed by atoms with Crippen LogP contribution in [0.2, 0.25) is 13.1 Å². The highest BCUT2D eigenvalue weighted by molar-refractivity contribution is 7.07. The molecule has 1 heterocycles. The summed E-state index contributed by atoms with van der Waals surface area (Å²) in [6.07, 6.45) is 3.65. The van der Waals surface area contributed by atoms with Gasteiger partial charge in [0.05, 0.1) is 0 Å². The predicted octanol–water partition coefficient (Wildman–Crippen LogP) is 11.3. The average Bonchev–Trinajstić information content (AvgIpc) is 3.66. The third kappa shape index (κ3) is 3.65. The number of rotatable bonds is 4. The lowest BCUT2D eigenvalue weighted by atomic mass is 9.80. The molecule has 0 spiro atoms. The first-order chi connectivity index (χ1) is 21.8. The second kappa shape index (κ2) is 9.52. The minimum absolute atomic E-state index is 0.274. The van der Waals surface area contributed by atoms with Gasteiger partial charge in [-0.3, -0.25) is 0 Å². The molecule has 45 heavy (non-hydrogen) atoms. The van der Waals surface area contributed by atoms with E-state index in [0.29, 0.717) is 5.92 Å². The first kappa shape index (κ1) is 26.9. The Morgan fingerprint density at radius 1 is 0.644 bits per heavy atom. The Morgan fingerprint density at radius 2 is 1.24 bits per heavy atom. The standard InChI is InChI=1S/C44H38Si/c1-26(2)37-25-38-34(33-19-10-15-28-13-6-8-17-31(28)33)20-12-22-36(38)41(37)39-24-30-23-27(3)43-40(30)42(44(39)45(43,4)5)35-21-11-16-29-14-7-9-18-32(29)35/h6-22,24-26,41H,23H2,1-5H3. The van der Waals surface area contributed by atoms with Crippen LogP contribution in [-0.2, 0) is 6.42 Å². The van der Waals surface area contributed by atoms with Crippen molar-refractivity contribution in [3.8, 4) is 22.3 Å². The van der Waals surface area contributed by atoms with Crippen LogP contribution < -0.4 is 5.19 Å². The first-order valence-corrected chi connectivity index (χ1v) is 19.6. The zero-order chi connectivity index (χ0) is 30.6. The SMILES string of the molecule is CC1=C2c3c(cc(C4C(C(C)C)=Cc5c(-c6cccc7ccccc67)cccc54)c(c3-c3cccc4ccccc34)[Si]2(C)C)C1. The second-order valence-electron chi connectivity index (χ2n) is 14.3. The molecule has 218 valence electrons. The molecule has 0 aromatic heterocycles. The van der Waals surface area contributed by atoms with Crippen LogP contribution in [0.25, 0.3) is 55.1 Å². The predicted molar refractivity (Wildman–Crippen MR) is 197 cm³/mol. The van der Waals surface area contributed by atoms with Crippen molar-refractivity contribution in [1.82, 2.24) is 0 Å². The summed E-state index contributed by atoms with van der Waals surface area (Å²) in [6.45, 7) is 12.4. The van der Waals surface area contributed by atoms with Crippen molar-refractivity contribution in [1.29, 1.82) is 0 Å². The van der Waals surface area contributed by atoms with Gasteiger partial charge in [-0.2, -0.15) is 0 Å². The Bertz CT molecular complexity index is 2300. The maximum atomic E-state index is 2.65. The van der Waals surface area contributed by atoms with E-state index < -0.39 is 8.07 Å². The summed E-state index contributed by atoms with van der Waals surface area (Å²) < 4.78 is 0. The molecule has 0 amide bonds. The number of allylic oxidation sites excluding steroid dienone is 2. The Balaban J connectivity index is 1.34. The lowest BCUT2D eigenvalue weighted by Gasteiger charge is -2.30. The van der Waals surface area contributed by atoms with Gasteiger partial charge in [-0.05, 0) is 101 Å². The fourth-order valence-corrected chi connectivity index (χ4v) is 13.5. The Labute approximate surface area is 267 Å². The molecule has 2 aliphatic carbocycles. The number of hydrogen-bond acceptors (Lipinski definition) is 0. The molecule has 0 fully saturated rings. The van der Waals surface area contributed by atoms with Crippen LogP contribution in [0.15, 0.2) is 120 Å². The van der Waals surface area contributed by atoms with E-state index in [1.807, 2.05) is 0 Å². The molecule has 6 aromatic rings. The van der Waals surface area contributed by atoms with Gasteiger partial charge >= 0.3 is 0 Å². The molecule has 9 rings (SSSR count). The average molecular weight is 595 g/mol. The van der Waals surface area contributed by atoms with E-state index in [0.717, 1.165) is 6.42 Å². The third-order valence-corrected chi connectivity index (χ3v) is 14.7. The van der Waals surface area contributed by atoms with Crippen molar-refractivity contribution in [3.63, 3.8) is 0 Å². The summed E-state index contributed by atoms with van der Waals surface area (Å²) in [5.41, 5.74) is 16.4. The molecule has 0 N–H and O–H groups in total. The molecule has 1 heteroatoms. The summed E-state index contributed by atoms with van der Waals surface area (Å²) in [4.78, 5) is 0. The third-order valence-electron chi connectivity index (χ3n) is 11.0. The van der Waals surface area contributed by atoms with Crippen LogP contribution in [0.1, 0.15) is 54.5 Å². The van der Waals surface area contributed by atoms with E-state index in [4.69, 9.17) is 0 Å². The van der Waals surface area contributed by atoms with Crippen LogP contribution in [0, 0.1) is 5.92 Å². The molecule has 2 bridgehead atoms. The van der Waals surface area contributed by atoms with Gasteiger partial charge in [0.2, 0.25) is 0 Å². The molecule has 1 atom stereocenters. The van der Waals surface area contributed by atoms with Gasteiger partial charge < -0.3 is 0 Å². The zero-order valence-electron chi connectivity index (χ0n) is 26.8. The number of hydrogen-bond donors (Lipinski definition) is 0. The van der Waals surface area contributed by atoms with Crippen LogP contribution in [0.3, 0.4) is 0 Å². The summed E-state index contributed by atoms with van der Waals surface area (Å²) in [7, 11) is -1.98. The molecule has 1 unspecified atom stereocenters. The van der Waals surface area contributed by atoms with Gasteiger partial charge in [-0.15, -0.1) is 0 Å². The van der Waals surface area contributed by atoms with Crippen LogP contribution in [0.4, 0.5) is 0 Å². The van der Waals surface area contributed by atoms with E-state index in [9.17, 15) is 0 Å². The van der Waals surface area contributed by atoms with E-state index in [-0.39, 0.29) is 5.92 Å². The van der Waals surface area contributed by atoms with Gasteiger partial charge in [0.1, 0.15) is 8.07 Å². The summed E-state index contributed by atoms with van der Waals surface area (Å²) in [5, 5.41) is 8.71. The van der Waals surface area contributed by atoms with Crippen molar-refractivity contribution < 1.29 is 0 Å². The molecular formula is C44H38Si. The highest BCUT2D eigenvalue weighted by Gasteiger charge is 2.49. The maximum absolute atomic E-state index is 2.65. The summed E-state index contributed by atoms with van der Waals surface area (Å²) in [5.74, 6) is 0.723. The van der Waals surface area contributed by atoms with Gasteiger partial charge in [0.15, 0.2) is 0 Å². The molecule has 0 radical (unpaired) electrons. The van der Waals surface area contributed by atoms with Crippen molar-refractivity contribution in [3.05, 3.63) is 148 Å². The molecule has 0 saturated carbocycles. The Morgan fingerprint density at radius 3 is 1.96 bits per heavy atom. The topological polar surface area (TPSA) is 0 Å². The highest BCUT2D eigenvalue weighted by atomic mass is 28.3. The zero-order valence-corrected chi connectivity index (χ0v) is 27.8. The first-order valence-electron chi connectivity index (χ1n) is 16.6. The highest BCUT2D eigenvalue weighted by Crippen LogP contribution is 2.55. The molecule has 6 aromatic carbocycles. The van der Waals surface area contributed by atoms with Gasteiger partial charge in [0, 0.05) is 5.92 Å². The van der Waals surface area contributed by atoms with E-state index in [2.05, 4.69) is 149 Å². The lowest BCUT2D eigenvalue weighted by molar-refractivity contribution is 0.717. The van der Waals surface area contributed by atoms with Crippen LogP contribution in [-0.4, -0.2) is 8.07 Å². The second-order valence-corrected chi connectivity index (χ2v) is 18.6. The summed E-state index contributed by atoms with van der Waals surface area (Å²) >= 11 is 0. The quantitative estimate of drug-likeness (QED) is 0.178. The number of benzene rings is 6. The van der Waals surface area contributed by atoms with Gasteiger partial charge in [-0.25, -0.2) is 0 Å². The van der Waals surface area contributed by atoms with Crippen molar-refractivity contribution in [2.75, 3.05) is 0 Å². The van der Waals surface area contributed by atoms with Crippen LogP contribution >= 0.6 is 0 Å². The molecule has 3 aliphatic rings. The fraction of sp³-hybridized carbons (Fsp3) is 0.182. The monoisotopic (exact) mass is 594 g/mol. The van der Waals surface area contributed by atoms with Crippen LogP contribution in [0.5, 0.6) is 0 Å². The Kier molecular flexibility index (Phi) is 5.69. The maximum Gasteiger partial charge on any atom is 0.114 e. The molecule has 0 saturated heterocycles. The van der Waals surface area contributed by atoms with Crippen molar-refractivity contribution >= 4 is 46.1 Å². The van der Waals surface area contributed by atoms with Crippen molar-refractivity contribution in [2.24, 2.45) is 5.92 Å². The summed E-state index contributed by atoms with van der Waals surface area (Å²) in [6, 6.07) is 41.2. The lowest BCUT2D eigenvalue weighted by Crippen LogP contribution is -2.43.